The molecule has 2 nitrogen and oxygen atoms in total. The van der Waals surface area contributed by atoms with Crippen LogP contribution >= 0.6 is 0 Å². The maximum absolute atomic E-state index is 5.14. The van der Waals surface area contributed by atoms with Gasteiger partial charge in [0.15, 0.2) is 0 Å². The van der Waals surface area contributed by atoms with Crippen LogP contribution in [0.5, 0.6) is 0 Å². The van der Waals surface area contributed by atoms with Gasteiger partial charge in [-0.3, -0.25) is 0 Å². The van der Waals surface area contributed by atoms with Crippen LogP contribution in [0.4, 0.5) is 0 Å². The molecule has 0 saturated heterocycles. The van der Waals surface area contributed by atoms with E-state index >= 15 is 0 Å². The highest BCUT2D eigenvalue weighted by Crippen LogP contribution is 2.20. The average Bonchev–Trinajstić information content (AvgIpc) is 2.91. The Bertz CT molecular complexity index is 269. The molecular formula is C16H29NO. The number of rotatable bonds is 11. The average molecular weight is 251 g/mol. The monoisotopic (exact) mass is 251 g/mol. The molecule has 0 aromatic carbocycles. The zero-order chi connectivity index (χ0) is 13.1. The third kappa shape index (κ3) is 6.25. The van der Waals surface area contributed by atoms with E-state index in [0.29, 0.717) is 6.04 Å². The molecule has 1 unspecified atom stereocenters. The van der Waals surface area contributed by atoms with E-state index in [4.69, 9.17) is 4.42 Å². The van der Waals surface area contributed by atoms with E-state index in [1.807, 2.05) is 13.3 Å². The van der Waals surface area contributed by atoms with E-state index in [-0.39, 0.29) is 0 Å². The molecule has 1 heterocycles. The second-order valence-corrected chi connectivity index (χ2v) is 5.16. The lowest BCUT2D eigenvalue weighted by atomic mass is 10.0. The van der Waals surface area contributed by atoms with Crippen molar-refractivity contribution in [1.29, 1.82) is 0 Å². The van der Waals surface area contributed by atoms with Crippen molar-refractivity contribution in [3.05, 3.63) is 24.2 Å². The largest absolute Gasteiger partial charge is 0.472 e. The maximum Gasteiger partial charge on any atom is 0.0950 e. The molecule has 0 radical (unpaired) electrons. The molecule has 2 heteroatoms. The molecule has 1 N–H and O–H groups in total. The van der Waals surface area contributed by atoms with Crippen molar-refractivity contribution in [2.75, 3.05) is 7.05 Å². The topological polar surface area (TPSA) is 25.2 Å². The summed E-state index contributed by atoms with van der Waals surface area (Å²) >= 11 is 0. The molecule has 1 aromatic rings. The molecule has 0 bridgehead atoms. The molecule has 0 fully saturated rings. The van der Waals surface area contributed by atoms with Crippen molar-refractivity contribution in [1.82, 2.24) is 5.32 Å². The highest BCUT2D eigenvalue weighted by molar-refractivity contribution is 5.10. The van der Waals surface area contributed by atoms with Crippen molar-refractivity contribution in [3.63, 3.8) is 0 Å². The third-order valence-electron chi connectivity index (χ3n) is 3.64. The Kier molecular flexibility index (Phi) is 8.66. The van der Waals surface area contributed by atoms with Gasteiger partial charge in [-0.15, -0.1) is 0 Å². The molecule has 0 amide bonds. The van der Waals surface area contributed by atoms with Crippen molar-refractivity contribution < 1.29 is 4.42 Å². The number of hydrogen-bond acceptors (Lipinski definition) is 2. The van der Waals surface area contributed by atoms with Crippen LogP contribution in [0.25, 0.3) is 0 Å². The van der Waals surface area contributed by atoms with Gasteiger partial charge in [0, 0.05) is 11.6 Å². The fourth-order valence-electron chi connectivity index (χ4n) is 2.43. The van der Waals surface area contributed by atoms with Gasteiger partial charge >= 0.3 is 0 Å². The van der Waals surface area contributed by atoms with Gasteiger partial charge < -0.3 is 9.73 Å². The summed E-state index contributed by atoms with van der Waals surface area (Å²) in [4.78, 5) is 0. The van der Waals surface area contributed by atoms with Gasteiger partial charge in [0.2, 0.25) is 0 Å². The molecule has 1 aromatic heterocycles. The second kappa shape index (κ2) is 10.2. The Balaban J connectivity index is 1.99. The summed E-state index contributed by atoms with van der Waals surface area (Å²) in [6.45, 7) is 2.27. The van der Waals surface area contributed by atoms with Gasteiger partial charge in [0.1, 0.15) is 0 Å². The van der Waals surface area contributed by atoms with Crippen LogP contribution in [0.15, 0.2) is 23.0 Å². The van der Waals surface area contributed by atoms with Gasteiger partial charge in [0.25, 0.3) is 0 Å². The molecule has 0 aliphatic carbocycles. The zero-order valence-corrected chi connectivity index (χ0v) is 12.1. The van der Waals surface area contributed by atoms with E-state index in [1.54, 1.807) is 6.26 Å². The van der Waals surface area contributed by atoms with Crippen LogP contribution in [0, 0.1) is 0 Å². The maximum atomic E-state index is 5.14. The summed E-state index contributed by atoms with van der Waals surface area (Å²) in [5.41, 5.74) is 1.28. The summed E-state index contributed by atoms with van der Waals surface area (Å²) in [6.07, 6.45) is 15.9. The fraction of sp³-hybridized carbons (Fsp3) is 0.750. The lowest BCUT2D eigenvalue weighted by Crippen LogP contribution is -2.15. The van der Waals surface area contributed by atoms with Crippen LogP contribution in [-0.2, 0) is 0 Å². The van der Waals surface area contributed by atoms with E-state index in [0.717, 1.165) is 0 Å². The van der Waals surface area contributed by atoms with Crippen LogP contribution in [0.2, 0.25) is 0 Å². The molecule has 0 spiro atoms. The van der Waals surface area contributed by atoms with E-state index in [1.165, 1.54) is 63.4 Å². The highest BCUT2D eigenvalue weighted by atomic mass is 16.3. The molecule has 0 aliphatic rings. The number of hydrogen-bond donors (Lipinski definition) is 1. The van der Waals surface area contributed by atoms with Gasteiger partial charge in [0.05, 0.1) is 12.5 Å². The minimum atomic E-state index is 0.462. The van der Waals surface area contributed by atoms with Crippen LogP contribution in [0.3, 0.4) is 0 Å². The molecule has 104 valence electrons. The van der Waals surface area contributed by atoms with Gasteiger partial charge in [-0.1, -0.05) is 58.3 Å². The molecule has 18 heavy (non-hydrogen) atoms. The van der Waals surface area contributed by atoms with Crippen molar-refractivity contribution >= 4 is 0 Å². The molecular weight excluding hydrogens is 222 g/mol. The normalized spacial score (nSPS) is 12.8. The Morgan fingerprint density at radius 2 is 1.72 bits per heavy atom. The SMILES string of the molecule is CCCCCCCCCCC(NC)c1ccoc1. The summed E-state index contributed by atoms with van der Waals surface area (Å²) < 4.78 is 5.14. The molecule has 1 rings (SSSR count). The Morgan fingerprint density at radius 1 is 1.06 bits per heavy atom. The summed E-state index contributed by atoms with van der Waals surface area (Å²) in [6, 6.07) is 2.52. The van der Waals surface area contributed by atoms with Crippen LogP contribution in [-0.4, -0.2) is 7.05 Å². The lowest BCUT2D eigenvalue weighted by Gasteiger charge is -2.13. The minimum Gasteiger partial charge on any atom is -0.472 e. The lowest BCUT2D eigenvalue weighted by molar-refractivity contribution is 0.486. The zero-order valence-electron chi connectivity index (χ0n) is 12.1. The number of furan rings is 1. The number of unbranched alkanes of at least 4 members (excludes halogenated alkanes) is 7. The predicted molar refractivity (Wildman–Crippen MR) is 77.7 cm³/mol. The standard InChI is InChI=1S/C16H29NO/c1-3-4-5-6-7-8-9-10-11-16(17-2)15-12-13-18-14-15/h12-14,16-17H,3-11H2,1-2H3. The first-order valence-electron chi connectivity index (χ1n) is 7.57. The summed E-state index contributed by atoms with van der Waals surface area (Å²) in [7, 11) is 2.03. The molecule has 1 atom stereocenters. The fourth-order valence-corrected chi connectivity index (χ4v) is 2.43. The van der Waals surface area contributed by atoms with Gasteiger partial charge in [-0.2, -0.15) is 0 Å². The molecule has 0 aliphatic heterocycles. The van der Waals surface area contributed by atoms with E-state index in [2.05, 4.69) is 18.3 Å². The van der Waals surface area contributed by atoms with Gasteiger partial charge in [-0.05, 0) is 19.5 Å². The Morgan fingerprint density at radius 3 is 2.28 bits per heavy atom. The van der Waals surface area contributed by atoms with Crippen molar-refractivity contribution in [3.8, 4) is 0 Å². The van der Waals surface area contributed by atoms with Crippen LogP contribution < -0.4 is 5.32 Å². The van der Waals surface area contributed by atoms with Crippen LogP contribution in [0.1, 0.15) is 76.3 Å². The minimum absolute atomic E-state index is 0.462. The summed E-state index contributed by atoms with van der Waals surface area (Å²) in [5.74, 6) is 0. The molecule has 0 saturated carbocycles. The van der Waals surface area contributed by atoms with E-state index in [9.17, 15) is 0 Å². The van der Waals surface area contributed by atoms with E-state index < -0.39 is 0 Å². The third-order valence-corrected chi connectivity index (χ3v) is 3.64. The van der Waals surface area contributed by atoms with Gasteiger partial charge in [-0.25, -0.2) is 0 Å². The Labute approximate surface area is 112 Å². The first-order chi connectivity index (χ1) is 8.88. The quantitative estimate of drug-likeness (QED) is 0.555. The van der Waals surface area contributed by atoms with Crippen molar-refractivity contribution in [2.45, 2.75) is 70.8 Å². The first-order valence-corrected chi connectivity index (χ1v) is 7.57. The number of nitrogens with one attached hydrogen (secondary N) is 1. The first kappa shape index (κ1) is 15.3. The van der Waals surface area contributed by atoms with Crippen molar-refractivity contribution in [2.24, 2.45) is 0 Å². The second-order valence-electron chi connectivity index (χ2n) is 5.16. The highest BCUT2D eigenvalue weighted by Gasteiger charge is 2.09. The predicted octanol–water partition coefficient (Wildman–Crippen LogP) is 5.07. The summed E-state index contributed by atoms with van der Waals surface area (Å²) in [5, 5.41) is 3.36. The Hall–Kier alpha value is -0.760. The smallest absolute Gasteiger partial charge is 0.0950 e.